The molecule has 2 rings (SSSR count). The van der Waals surface area contributed by atoms with Gasteiger partial charge in [-0.1, -0.05) is 0 Å². The summed E-state index contributed by atoms with van der Waals surface area (Å²) in [5.41, 5.74) is 6.21. The van der Waals surface area contributed by atoms with E-state index in [9.17, 15) is 4.79 Å². The molecule has 3 N–H and O–H groups in total. The average Bonchev–Trinajstić information content (AvgIpc) is 2.39. The highest BCUT2D eigenvalue weighted by Crippen LogP contribution is 2.32. The Balaban J connectivity index is 2.06. The predicted molar refractivity (Wildman–Crippen MR) is 67.5 cm³/mol. The summed E-state index contributed by atoms with van der Waals surface area (Å²) in [5, 5.41) is 2.68. The van der Waals surface area contributed by atoms with Crippen LogP contribution in [0.3, 0.4) is 0 Å². The highest BCUT2D eigenvalue weighted by molar-refractivity contribution is 5.95. The maximum absolute atomic E-state index is 11.7. The van der Waals surface area contributed by atoms with E-state index in [-0.39, 0.29) is 12.3 Å². The number of carbonyl (C=O) groups excluding carboxylic acids is 1. The molecule has 0 saturated heterocycles. The molecule has 18 heavy (non-hydrogen) atoms. The number of benzene rings is 1. The van der Waals surface area contributed by atoms with Crippen LogP contribution in [0.2, 0.25) is 0 Å². The second-order valence-corrected chi connectivity index (χ2v) is 3.86. The molecule has 0 spiro atoms. The van der Waals surface area contributed by atoms with Gasteiger partial charge in [0.25, 0.3) is 0 Å². The smallest absolute Gasteiger partial charge is 0.242 e. The maximum Gasteiger partial charge on any atom is 0.242 e. The quantitative estimate of drug-likeness (QED) is 0.772. The lowest BCUT2D eigenvalue weighted by Crippen LogP contribution is -2.35. The summed E-state index contributed by atoms with van der Waals surface area (Å²) < 4.78 is 10.8. The second kappa shape index (κ2) is 5.43. The van der Waals surface area contributed by atoms with Gasteiger partial charge in [-0.3, -0.25) is 4.79 Å². The van der Waals surface area contributed by atoms with E-state index in [2.05, 4.69) is 11.2 Å². The molecule has 0 radical (unpaired) electrons. The number of hydrogen-bond acceptors (Lipinski definition) is 4. The largest absolute Gasteiger partial charge is 0.486 e. The number of ether oxygens (including phenoxy) is 2. The topological polar surface area (TPSA) is 73.6 Å². The fourth-order valence-electron chi connectivity index (χ4n) is 1.58. The number of fused-ring (bicyclic) bond motifs is 1. The van der Waals surface area contributed by atoms with E-state index in [4.69, 9.17) is 21.6 Å². The first-order valence-electron chi connectivity index (χ1n) is 5.60. The number of rotatable bonds is 3. The highest BCUT2D eigenvalue weighted by atomic mass is 16.6. The van der Waals surface area contributed by atoms with Crippen molar-refractivity contribution < 1.29 is 14.3 Å². The van der Waals surface area contributed by atoms with Crippen molar-refractivity contribution in [1.82, 2.24) is 0 Å². The fraction of sp³-hybridized carbons (Fsp3) is 0.308. The van der Waals surface area contributed by atoms with Crippen molar-refractivity contribution in [2.75, 3.05) is 18.5 Å². The van der Waals surface area contributed by atoms with Crippen molar-refractivity contribution in [3.05, 3.63) is 18.2 Å². The third kappa shape index (κ3) is 2.73. The van der Waals surface area contributed by atoms with Gasteiger partial charge in [-0.2, -0.15) is 0 Å². The Morgan fingerprint density at radius 2 is 2.17 bits per heavy atom. The van der Waals surface area contributed by atoms with E-state index in [1.165, 1.54) is 0 Å². The van der Waals surface area contributed by atoms with Crippen LogP contribution in [-0.4, -0.2) is 25.2 Å². The molecule has 1 aliphatic heterocycles. The van der Waals surface area contributed by atoms with Crippen LogP contribution in [0.1, 0.15) is 6.42 Å². The molecule has 0 aromatic heterocycles. The van der Waals surface area contributed by atoms with Gasteiger partial charge in [0.05, 0.1) is 6.04 Å². The molecule has 1 aliphatic rings. The SMILES string of the molecule is C#CCC(N)C(=O)Nc1ccc2c(c1)OCCO2. The molecule has 0 saturated carbocycles. The lowest BCUT2D eigenvalue weighted by Gasteiger charge is -2.19. The predicted octanol–water partition coefficient (Wildman–Crippen LogP) is 0.747. The van der Waals surface area contributed by atoms with E-state index in [1.54, 1.807) is 18.2 Å². The van der Waals surface area contributed by atoms with E-state index < -0.39 is 6.04 Å². The summed E-state index contributed by atoms with van der Waals surface area (Å²) in [5.74, 6) is 3.33. The second-order valence-electron chi connectivity index (χ2n) is 3.86. The number of carbonyl (C=O) groups is 1. The van der Waals surface area contributed by atoms with Crippen molar-refractivity contribution in [3.63, 3.8) is 0 Å². The van der Waals surface area contributed by atoms with Crippen molar-refractivity contribution in [1.29, 1.82) is 0 Å². The van der Waals surface area contributed by atoms with Gasteiger partial charge in [0.15, 0.2) is 11.5 Å². The van der Waals surface area contributed by atoms with Gasteiger partial charge < -0.3 is 20.5 Å². The van der Waals surface area contributed by atoms with E-state index >= 15 is 0 Å². The summed E-state index contributed by atoms with van der Waals surface area (Å²) in [7, 11) is 0. The van der Waals surface area contributed by atoms with Crippen LogP contribution >= 0.6 is 0 Å². The first-order valence-corrected chi connectivity index (χ1v) is 5.60. The first-order chi connectivity index (χ1) is 8.70. The summed E-state index contributed by atoms with van der Waals surface area (Å²) in [6.07, 6.45) is 5.31. The van der Waals surface area contributed by atoms with Crippen LogP contribution in [0.5, 0.6) is 11.5 Å². The zero-order valence-corrected chi connectivity index (χ0v) is 9.81. The molecule has 1 unspecified atom stereocenters. The third-order valence-corrected chi connectivity index (χ3v) is 2.48. The van der Waals surface area contributed by atoms with E-state index in [0.29, 0.717) is 30.4 Å². The average molecular weight is 246 g/mol. The van der Waals surface area contributed by atoms with Crippen LogP contribution in [0.25, 0.3) is 0 Å². The Hall–Kier alpha value is -2.19. The zero-order chi connectivity index (χ0) is 13.0. The molecule has 0 aliphatic carbocycles. The summed E-state index contributed by atoms with van der Waals surface area (Å²) in [4.78, 5) is 11.7. The van der Waals surface area contributed by atoms with Gasteiger partial charge in [0.1, 0.15) is 13.2 Å². The molecule has 1 amide bonds. The van der Waals surface area contributed by atoms with Crippen molar-refractivity contribution in [2.24, 2.45) is 5.73 Å². The monoisotopic (exact) mass is 246 g/mol. The van der Waals surface area contributed by atoms with Gasteiger partial charge in [0.2, 0.25) is 5.91 Å². The standard InChI is InChI=1S/C13H14N2O3/c1-2-3-10(14)13(16)15-9-4-5-11-12(8-9)18-7-6-17-11/h1,4-5,8,10H,3,6-7,14H2,(H,15,16). The molecule has 5 nitrogen and oxygen atoms in total. The van der Waals surface area contributed by atoms with Gasteiger partial charge in [0, 0.05) is 18.2 Å². The van der Waals surface area contributed by atoms with Gasteiger partial charge in [-0.25, -0.2) is 0 Å². The van der Waals surface area contributed by atoms with E-state index in [0.717, 1.165) is 0 Å². The van der Waals surface area contributed by atoms with Gasteiger partial charge in [-0.15, -0.1) is 12.3 Å². The summed E-state index contributed by atoms with van der Waals surface area (Å²) in [6, 6.07) is 4.47. The fourth-order valence-corrected chi connectivity index (χ4v) is 1.58. The number of hydrogen-bond donors (Lipinski definition) is 2. The molecule has 5 heteroatoms. The Bertz CT molecular complexity index is 493. The van der Waals surface area contributed by atoms with Gasteiger partial charge in [-0.05, 0) is 12.1 Å². The number of anilines is 1. The Kier molecular flexibility index (Phi) is 3.70. The minimum absolute atomic E-state index is 0.205. The number of nitrogens with two attached hydrogens (primary N) is 1. The minimum Gasteiger partial charge on any atom is -0.486 e. The third-order valence-electron chi connectivity index (χ3n) is 2.48. The van der Waals surface area contributed by atoms with Crippen LogP contribution in [0.15, 0.2) is 18.2 Å². The Morgan fingerprint density at radius 1 is 1.44 bits per heavy atom. The first kappa shape index (κ1) is 12.3. The van der Waals surface area contributed by atoms with Crippen LogP contribution in [0, 0.1) is 12.3 Å². The molecular formula is C13H14N2O3. The molecule has 0 bridgehead atoms. The van der Waals surface area contributed by atoms with Gasteiger partial charge >= 0.3 is 0 Å². The van der Waals surface area contributed by atoms with Crippen molar-refractivity contribution >= 4 is 11.6 Å². The normalized spacial score (nSPS) is 14.4. The summed E-state index contributed by atoms with van der Waals surface area (Å²) in [6.45, 7) is 1.03. The Morgan fingerprint density at radius 3 is 2.89 bits per heavy atom. The molecule has 1 heterocycles. The molecule has 94 valence electrons. The maximum atomic E-state index is 11.7. The van der Waals surface area contributed by atoms with Crippen molar-refractivity contribution in [3.8, 4) is 23.8 Å². The zero-order valence-electron chi connectivity index (χ0n) is 9.81. The molecule has 1 atom stereocenters. The lowest BCUT2D eigenvalue weighted by molar-refractivity contribution is -0.117. The highest BCUT2D eigenvalue weighted by Gasteiger charge is 2.15. The molecule has 1 aromatic carbocycles. The van der Waals surface area contributed by atoms with Crippen LogP contribution in [0.4, 0.5) is 5.69 Å². The lowest BCUT2D eigenvalue weighted by atomic mass is 10.2. The van der Waals surface area contributed by atoms with Crippen LogP contribution in [-0.2, 0) is 4.79 Å². The Labute approximate surface area is 105 Å². The summed E-state index contributed by atoms with van der Waals surface area (Å²) >= 11 is 0. The van der Waals surface area contributed by atoms with Crippen LogP contribution < -0.4 is 20.5 Å². The number of amides is 1. The minimum atomic E-state index is -0.705. The molecule has 1 aromatic rings. The molecular weight excluding hydrogens is 232 g/mol. The van der Waals surface area contributed by atoms with Crippen molar-refractivity contribution in [2.45, 2.75) is 12.5 Å². The van der Waals surface area contributed by atoms with E-state index in [1.807, 2.05) is 0 Å². The number of terminal acetylenes is 1. The number of nitrogens with one attached hydrogen (secondary N) is 1. The molecule has 0 fully saturated rings.